The molecule has 84 valence electrons. The van der Waals surface area contributed by atoms with Crippen molar-refractivity contribution in [2.75, 3.05) is 13.6 Å². The van der Waals surface area contributed by atoms with Gasteiger partial charge in [-0.2, -0.15) is 4.39 Å². The molecule has 1 rings (SSSR count). The highest BCUT2D eigenvalue weighted by Gasteiger charge is 2.15. The van der Waals surface area contributed by atoms with Crippen LogP contribution in [-0.2, 0) is 0 Å². The molecule has 0 atom stereocenters. The molecule has 0 saturated carbocycles. The Bertz CT molecular complexity index is 449. The van der Waals surface area contributed by atoms with Crippen LogP contribution in [0.15, 0.2) is 18.2 Å². The van der Waals surface area contributed by atoms with Crippen LogP contribution in [0.2, 0.25) is 0 Å². The second kappa shape index (κ2) is 5.83. The fourth-order valence-electron chi connectivity index (χ4n) is 1.10. The SMILES string of the molecule is CNCCC#Cc1cccc([N+](=O)[O-])c1F. The standard InChI is InChI=1S/C11H11FN2O2/c1-13-8-3-2-5-9-6-4-7-10(11(9)12)14(15)16/h4,6-7,13H,3,8H2,1H3. The molecule has 0 unspecified atom stereocenters. The van der Waals surface area contributed by atoms with Gasteiger partial charge in [-0.15, -0.1) is 0 Å². The lowest BCUT2D eigenvalue weighted by atomic mass is 10.2. The van der Waals surface area contributed by atoms with E-state index in [4.69, 9.17) is 0 Å². The Morgan fingerprint density at radius 3 is 2.94 bits per heavy atom. The highest BCUT2D eigenvalue weighted by Crippen LogP contribution is 2.19. The van der Waals surface area contributed by atoms with E-state index in [1.165, 1.54) is 12.1 Å². The van der Waals surface area contributed by atoms with Crippen molar-refractivity contribution in [3.8, 4) is 11.8 Å². The number of nitro benzene ring substituents is 1. The third-order valence-electron chi connectivity index (χ3n) is 1.90. The van der Waals surface area contributed by atoms with Crippen molar-refractivity contribution in [3.05, 3.63) is 39.7 Å². The van der Waals surface area contributed by atoms with E-state index in [-0.39, 0.29) is 5.56 Å². The van der Waals surface area contributed by atoms with E-state index in [1.54, 1.807) is 7.05 Å². The van der Waals surface area contributed by atoms with Crippen molar-refractivity contribution in [1.29, 1.82) is 0 Å². The van der Waals surface area contributed by atoms with Gasteiger partial charge in [0, 0.05) is 19.0 Å². The predicted molar refractivity (Wildman–Crippen MR) is 58.5 cm³/mol. The van der Waals surface area contributed by atoms with E-state index in [9.17, 15) is 14.5 Å². The number of nitrogens with one attached hydrogen (secondary N) is 1. The second-order valence-corrected chi connectivity index (χ2v) is 3.05. The van der Waals surface area contributed by atoms with E-state index in [0.29, 0.717) is 13.0 Å². The third-order valence-corrected chi connectivity index (χ3v) is 1.90. The molecule has 0 amide bonds. The Labute approximate surface area is 92.6 Å². The Hall–Kier alpha value is -1.93. The fourth-order valence-corrected chi connectivity index (χ4v) is 1.10. The molecular weight excluding hydrogens is 211 g/mol. The van der Waals surface area contributed by atoms with Gasteiger partial charge in [-0.3, -0.25) is 10.1 Å². The summed E-state index contributed by atoms with van der Waals surface area (Å²) in [6.45, 7) is 0.698. The minimum absolute atomic E-state index is 0.0605. The number of nitro groups is 1. The molecule has 0 bridgehead atoms. The normalized spacial score (nSPS) is 9.38. The number of rotatable bonds is 3. The predicted octanol–water partition coefficient (Wildman–Crippen LogP) is 1.69. The van der Waals surface area contributed by atoms with E-state index in [1.807, 2.05) is 0 Å². The van der Waals surface area contributed by atoms with E-state index < -0.39 is 16.4 Å². The van der Waals surface area contributed by atoms with Gasteiger partial charge in [-0.05, 0) is 13.1 Å². The van der Waals surface area contributed by atoms with Crippen LogP contribution in [-0.4, -0.2) is 18.5 Å². The van der Waals surface area contributed by atoms with Gasteiger partial charge in [0.25, 0.3) is 0 Å². The first kappa shape index (κ1) is 12.1. The minimum atomic E-state index is -0.871. The van der Waals surface area contributed by atoms with E-state index in [0.717, 1.165) is 6.07 Å². The number of nitrogens with zero attached hydrogens (tertiary/aromatic N) is 1. The van der Waals surface area contributed by atoms with Crippen LogP contribution >= 0.6 is 0 Å². The van der Waals surface area contributed by atoms with Gasteiger partial charge in [-0.25, -0.2) is 0 Å². The molecule has 0 saturated heterocycles. The first-order valence-electron chi connectivity index (χ1n) is 4.73. The molecule has 1 N–H and O–H groups in total. The highest BCUT2D eigenvalue weighted by atomic mass is 19.1. The van der Waals surface area contributed by atoms with Gasteiger partial charge in [0.15, 0.2) is 0 Å². The molecule has 0 spiro atoms. The maximum atomic E-state index is 13.5. The summed E-state index contributed by atoms with van der Waals surface area (Å²) in [5, 5.41) is 13.4. The lowest BCUT2D eigenvalue weighted by molar-refractivity contribution is -0.387. The molecule has 0 fully saturated rings. The smallest absolute Gasteiger partial charge is 0.306 e. The van der Waals surface area contributed by atoms with Crippen LogP contribution in [0.25, 0.3) is 0 Å². The zero-order valence-corrected chi connectivity index (χ0v) is 8.79. The lowest BCUT2D eigenvalue weighted by Gasteiger charge is -1.95. The summed E-state index contributed by atoms with van der Waals surface area (Å²) in [5.74, 6) is 4.44. The average molecular weight is 222 g/mol. The maximum Gasteiger partial charge on any atom is 0.306 e. The summed E-state index contributed by atoms with van der Waals surface area (Å²) in [6.07, 6.45) is 0.568. The fraction of sp³-hybridized carbons (Fsp3) is 0.273. The molecule has 1 aromatic carbocycles. The first-order valence-corrected chi connectivity index (χ1v) is 4.73. The summed E-state index contributed by atoms with van der Waals surface area (Å²) in [7, 11) is 1.79. The van der Waals surface area contributed by atoms with Gasteiger partial charge >= 0.3 is 5.69 Å². The zero-order valence-electron chi connectivity index (χ0n) is 8.79. The van der Waals surface area contributed by atoms with Crippen molar-refractivity contribution >= 4 is 5.69 Å². The quantitative estimate of drug-likeness (QED) is 0.366. The molecule has 16 heavy (non-hydrogen) atoms. The topological polar surface area (TPSA) is 55.2 Å². The Balaban J connectivity index is 2.92. The van der Waals surface area contributed by atoms with Crippen LogP contribution in [0.1, 0.15) is 12.0 Å². The molecule has 5 heteroatoms. The van der Waals surface area contributed by atoms with Crippen molar-refractivity contribution in [1.82, 2.24) is 5.32 Å². The van der Waals surface area contributed by atoms with Crippen LogP contribution in [0.3, 0.4) is 0 Å². The van der Waals surface area contributed by atoms with E-state index in [2.05, 4.69) is 17.2 Å². The largest absolute Gasteiger partial charge is 0.319 e. The number of hydrogen-bond acceptors (Lipinski definition) is 3. The lowest BCUT2D eigenvalue weighted by Crippen LogP contribution is -2.05. The maximum absolute atomic E-state index is 13.5. The van der Waals surface area contributed by atoms with Crippen molar-refractivity contribution < 1.29 is 9.31 Å². The summed E-state index contributed by atoms with van der Waals surface area (Å²) in [6, 6.07) is 3.96. The van der Waals surface area contributed by atoms with Crippen LogP contribution < -0.4 is 5.32 Å². The molecule has 0 heterocycles. The van der Waals surface area contributed by atoms with Gasteiger partial charge in [-0.1, -0.05) is 17.9 Å². The van der Waals surface area contributed by atoms with Gasteiger partial charge in [0.05, 0.1) is 10.5 Å². The number of halogens is 1. The minimum Gasteiger partial charge on any atom is -0.319 e. The molecule has 0 aliphatic carbocycles. The van der Waals surface area contributed by atoms with Gasteiger partial charge in [0.2, 0.25) is 5.82 Å². The Morgan fingerprint density at radius 2 is 2.31 bits per heavy atom. The first-order chi connectivity index (χ1) is 7.66. The molecule has 0 radical (unpaired) electrons. The molecular formula is C11H11FN2O2. The van der Waals surface area contributed by atoms with Crippen LogP contribution in [0, 0.1) is 27.8 Å². The summed E-state index contributed by atoms with van der Waals surface area (Å²) in [4.78, 5) is 9.70. The van der Waals surface area contributed by atoms with Gasteiger partial charge in [0.1, 0.15) is 0 Å². The molecule has 4 nitrogen and oxygen atoms in total. The Kier molecular flexibility index (Phi) is 4.42. The van der Waals surface area contributed by atoms with Crippen molar-refractivity contribution in [3.63, 3.8) is 0 Å². The molecule has 0 aliphatic rings. The third kappa shape index (κ3) is 3.04. The van der Waals surface area contributed by atoms with E-state index >= 15 is 0 Å². The van der Waals surface area contributed by atoms with Crippen LogP contribution in [0.4, 0.5) is 10.1 Å². The molecule has 1 aromatic rings. The summed E-state index contributed by atoms with van der Waals surface area (Å²) in [5.41, 5.74) is -0.481. The highest BCUT2D eigenvalue weighted by molar-refractivity contribution is 5.45. The summed E-state index contributed by atoms with van der Waals surface area (Å²) < 4.78 is 13.5. The summed E-state index contributed by atoms with van der Waals surface area (Å²) >= 11 is 0. The second-order valence-electron chi connectivity index (χ2n) is 3.05. The average Bonchev–Trinajstić information content (AvgIpc) is 2.26. The zero-order chi connectivity index (χ0) is 12.0. The number of hydrogen-bond donors (Lipinski definition) is 1. The Morgan fingerprint density at radius 1 is 1.56 bits per heavy atom. The van der Waals surface area contributed by atoms with Crippen molar-refractivity contribution in [2.45, 2.75) is 6.42 Å². The van der Waals surface area contributed by atoms with Gasteiger partial charge < -0.3 is 5.32 Å². The van der Waals surface area contributed by atoms with Crippen LogP contribution in [0.5, 0.6) is 0 Å². The monoisotopic (exact) mass is 222 g/mol. The molecule has 0 aliphatic heterocycles. The van der Waals surface area contributed by atoms with Crippen molar-refractivity contribution in [2.24, 2.45) is 0 Å². The number of benzene rings is 1. The molecule has 0 aromatic heterocycles.